The third-order valence-electron chi connectivity index (χ3n) is 2.43. The lowest BCUT2D eigenvalue weighted by atomic mass is 10.1. The van der Waals surface area contributed by atoms with Gasteiger partial charge in [0.25, 0.3) is 0 Å². The van der Waals surface area contributed by atoms with Crippen molar-refractivity contribution in [2.24, 2.45) is 5.73 Å². The molecular formula is C13H22N2S. The number of nitrogens with two attached hydrogens (primary N) is 1. The van der Waals surface area contributed by atoms with E-state index in [1.54, 1.807) is 0 Å². The lowest BCUT2D eigenvalue weighted by molar-refractivity contribution is 0.721. The molecule has 0 saturated carbocycles. The fraction of sp³-hybridized carbons (Fsp3) is 0.615. The SMILES string of the molecule is CCCCc1cncc(SCCC(C)N)c1. The number of nitrogens with zero attached hydrogens (tertiary/aromatic N) is 1. The second kappa shape index (κ2) is 7.69. The molecule has 0 amide bonds. The largest absolute Gasteiger partial charge is 0.328 e. The van der Waals surface area contributed by atoms with Gasteiger partial charge in [0.05, 0.1) is 0 Å². The molecule has 1 atom stereocenters. The molecule has 0 spiro atoms. The number of rotatable bonds is 7. The highest BCUT2D eigenvalue weighted by molar-refractivity contribution is 7.99. The van der Waals surface area contributed by atoms with Crippen molar-refractivity contribution in [3.05, 3.63) is 24.0 Å². The maximum absolute atomic E-state index is 5.72. The van der Waals surface area contributed by atoms with Crippen molar-refractivity contribution < 1.29 is 0 Å². The molecule has 0 bridgehead atoms. The predicted octanol–water partition coefficient (Wildman–Crippen LogP) is 3.25. The van der Waals surface area contributed by atoms with E-state index < -0.39 is 0 Å². The molecule has 0 saturated heterocycles. The second-order valence-corrected chi connectivity index (χ2v) is 5.42. The van der Waals surface area contributed by atoms with Gasteiger partial charge in [-0.25, -0.2) is 0 Å². The minimum absolute atomic E-state index is 0.295. The Balaban J connectivity index is 2.40. The molecule has 0 aliphatic rings. The highest BCUT2D eigenvalue weighted by Gasteiger charge is 1.99. The van der Waals surface area contributed by atoms with Crippen LogP contribution in [0.2, 0.25) is 0 Å². The van der Waals surface area contributed by atoms with Gasteiger partial charge in [0, 0.05) is 23.3 Å². The Hall–Kier alpha value is -0.540. The third kappa shape index (κ3) is 5.52. The van der Waals surface area contributed by atoms with Crippen molar-refractivity contribution in [3.63, 3.8) is 0 Å². The fourth-order valence-corrected chi connectivity index (χ4v) is 2.52. The molecule has 1 rings (SSSR count). The van der Waals surface area contributed by atoms with Crippen molar-refractivity contribution in [3.8, 4) is 0 Å². The van der Waals surface area contributed by atoms with Gasteiger partial charge in [0.15, 0.2) is 0 Å². The Labute approximate surface area is 103 Å². The molecule has 0 aliphatic heterocycles. The number of aromatic nitrogens is 1. The summed E-state index contributed by atoms with van der Waals surface area (Å²) in [5.41, 5.74) is 7.08. The number of hydrogen-bond donors (Lipinski definition) is 1. The van der Waals surface area contributed by atoms with Crippen molar-refractivity contribution in [2.45, 2.75) is 50.5 Å². The summed E-state index contributed by atoms with van der Waals surface area (Å²) in [5.74, 6) is 1.08. The second-order valence-electron chi connectivity index (χ2n) is 4.25. The molecule has 2 nitrogen and oxygen atoms in total. The molecule has 1 aromatic rings. The summed E-state index contributed by atoms with van der Waals surface area (Å²) in [6.45, 7) is 4.27. The molecule has 3 heteroatoms. The monoisotopic (exact) mass is 238 g/mol. The van der Waals surface area contributed by atoms with Crippen molar-refractivity contribution in [1.29, 1.82) is 0 Å². The van der Waals surface area contributed by atoms with Gasteiger partial charge in [-0.3, -0.25) is 4.98 Å². The van der Waals surface area contributed by atoms with Crippen LogP contribution in [0.4, 0.5) is 0 Å². The average Bonchev–Trinajstić information content (AvgIpc) is 2.26. The molecular weight excluding hydrogens is 216 g/mol. The first kappa shape index (κ1) is 13.5. The van der Waals surface area contributed by atoms with Crippen LogP contribution in [0.5, 0.6) is 0 Å². The molecule has 0 fully saturated rings. The van der Waals surface area contributed by atoms with Gasteiger partial charge in [-0.2, -0.15) is 0 Å². The van der Waals surface area contributed by atoms with Crippen molar-refractivity contribution >= 4 is 11.8 Å². The van der Waals surface area contributed by atoms with Crippen LogP contribution >= 0.6 is 11.8 Å². The smallest absolute Gasteiger partial charge is 0.0404 e. The molecule has 0 radical (unpaired) electrons. The Kier molecular flexibility index (Phi) is 6.50. The Bertz CT molecular complexity index is 300. The summed E-state index contributed by atoms with van der Waals surface area (Å²) in [6, 6.07) is 2.55. The van der Waals surface area contributed by atoms with Gasteiger partial charge in [-0.15, -0.1) is 11.8 Å². The van der Waals surface area contributed by atoms with Crippen LogP contribution < -0.4 is 5.73 Å². The summed E-state index contributed by atoms with van der Waals surface area (Å²) in [6.07, 6.45) is 8.61. The van der Waals surface area contributed by atoms with Crippen LogP contribution in [0.25, 0.3) is 0 Å². The molecule has 2 N–H and O–H groups in total. The summed E-state index contributed by atoms with van der Waals surface area (Å²) in [5, 5.41) is 0. The Morgan fingerprint density at radius 1 is 1.44 bits per heavy atom. The first-order valence-corrected chi connectivity index (χ1v) is 7.03. The minimum Gasteiger partial charge on any atom is -0.328 e. The first-order chi connectivity index (χ1) is 7.72. The average molecular weight is 238 g/mol. The van der Waals surface area contributed by atoms with Crippen LogP contribution in [-0.2, 0) is 6.42 Å². The third-order valence-corrected chi connectivity index (χ3v) is 3.43. The summed E-state index contributed by atoms with van der Waals surface area (Å²) in [7, 11) is 0. The standard InChI is InChI=1S/C13H22N2S/c1-3-4-5-12-8-13(10-15-9-12)16-7-6-11(2)14/h8-11H,3-7,14H2,1-2H3. The summed E-state index contributed by atoms with van der Waals surface area (Å²) < 4.78 is 0. The van der Waals surface area contributed by atoms with E-state index in [1.807, 2.05) is 24.2 Å². The number of thioether (sulfide) groups is 1. The predicted molar refractivity (Wildman–Crippen MR) is 71.8 cm³/mol. The molecule has 0 aliphatic carbocycles. The van der Waals surface area contributed by atoms with E-state index in [2.05, 4.69) is 24.9 Å². The van der Waals surface area contributed by atoms with E-state index >= 15 is 0 Å². The van der Waals surface area contributed by atoms with E-state index in [-0.39, 0.29) is 0 Å². The zero-order valence-electron chi connectivity index (χ0n) is 10.3. The number of hydrogen-bond acceptors (Lipinski definition) is 3. The molecule has 1 aromatic heterocycles. The molecule has 90 valence electrons. The number of aryl methyl sites for hydroxylation is 1. The molecule has 1 heterocycles. The summed E-state index contributed by atoms with van der Waals surface area (Å²) >= 11 is 1.85. The lowest BCUT2D eigenvalue weighted by Crippen LogP contribution is -2.15. The first-order valence-electron chi connectivity index (χ1n) is 6.04. The fourth-order valence-electron chi connectivity index (χ4n) is 1.42. The Morgan fingerprint density at radius 2 is 2.25 bits per heavy atom. The van der Waals surface area contributed by atoms with Gasteiger partial charge < -0.3 is 5.73 Å². The van der Waals surface area contributed by atoms with E-state index in [9.17, 15) is 0 Å². The minimum atomic E-state index is 0.295. The highest BCUT2D eigenvalue weighted by atomic mass is 32.2. The maximum atomic E-state index is 5.72. The molecule has 16 heavy (non-hydrogen) atoms. The maximum Gasteiger partial charge on any atom is 0.0404 e. The summed E-state index contributed by atoms with van der Waals surface area (Å²) in [4.78, 5) is 5.56. The van der Waals surface area contributed by atoms with E-state index in [0.717, 1.165) is 18.6 Å². The van der Waals surface area contributed by atoms with Gasteiger partial charge >= 0.3 is 0 Å². The lowest BCUT2D eigenvalue weighted by Gasteiger charge is -2.06. The zero-order valence-corrected chi connectivity index (χ0v) is 11.1. The van der Waals surface area contributed by atoms with Crippen LogP contribution in [-0.4, -0.2) is 16.8 Å². The van der Waals surface area contributed by atoms with Gasteiger partial charge in [0.2, 0.25) is 0 Å². The van der Waals surface area contributed by atoms with Crippen molar-refractivity contribution in [2.75, 3.05) is 5.75 Å². The van der Waals surface area contributed by atoms with Crippen LogP contribution in [0.1, 0.15) is 38.7 Å². The van der Waals surface area contributed by atoms with E-state index in [0.29, 0.717) is 6.04 Å². The Morgan fingerprint density at radius 3 is 2.94 bits per heavy atom. The number of unbranched alkanes of at least 4 members (excludes halogenated alkanes) is 1. The van der Waals surface area contributed by atoms with Crippen LogP contribution in [0.15, 0.2) is 23.4 Å². The van der Waals surface area contributed by atoms with Crippen LogP contribution in [0, 0.1) is 0 Å². The van der Waals surface area contributed by atoms with Gasteiger partial charge in [0.1, 0.15) is 0 Å². The van der Waals surface area contributed by atoms with Gasteiger partial charge in [-0.1, -0.05) is 13.3 Å². The highest BCUT2D eigenvalue weighted by Crippen LogP contribution is 2.19. The quantitative estimate of drug-likeness (QED) is 0.741. The normalized spacial score (nSPS) is 12.7. The van der Waals surface area contributed by atoms with E-state index in [1.165, 1.54) is 23.3 Å². The molecule has 0 aromatic carbocycles. The topological polar surface area (TPSA) is 38.9 Å². The zero-order chi connectivity index (χ0) is 11.8. The molecule has 1 unspecified atom stereocenters. The number of pyridine rings is 1. The van der Waals surface area contributed by atoms with Crippen molar-refractivity contribution in [1.82, 2.24) is 4.98 Å². The van der Waals surface area contributed by atoms with Gasteiger partial charge in [-0.05, 0) is 43.6 Å². The van der Waals surface area contributed by atoms with Crippen LogP contribution in [0.3, 0.4) is 0 Å². The van der Waals surface area contributed by atoms with E-state index in [4.69, 9.17) is 5.73 Å².